The van der Waals surface area contributed by atoms with Crippen LogP contribution in [0.15, 0.2) is 48.5 Å². The van der Waals surface area contributed by atoms with Gasteiger partial charge in [-0.25, -0.2) is 0 Å². The van der Waals surface area contributed by atoms with Crippen LogP contribution in [-0.2, 0) is 10.8 Å². The van der Waals surface area contributed by atoms with E-state index in [1.54, 1.807) is 0 Å². The maximum Gasteiger partial charge on any atom is 0.123 e. The molecule has 154 valence electrons. The summed E-state index contributed by atoms with van der Waals surface area (Å²) in [6.45, 7) is 14.3. The van der Waals surface area contributed by atoms with Crippen LogP contribution in [0.2, 0.25) is 0 Å². The van der Waals surface area contributed by atoms with Gasteiger partial charge in [-0.05, 0) is 47.4 Å². The molecular weight excluding hydrogens is 344 g/mol. The first kappa shape index (κ1) is 22.3. The van der Waals surface area contributed by atoms with Gasteiger partial charge < -0.3 is 15.8 Å². The third kappa shape index (κ3) is 5.75. The summed E-state index contributed by atoms with van der Waals surface area (Å²) in [5.41, 5.74) is 10.2. The fraction of sp³-hybridized carbons (Fsp3) is 0.520. The molecule has 2 rings (SSSR count). The summed E-state index contributed by atoms with van der Waals surface area (Å²) in [4.78, 5) is 0. The number of nitrogens with one attached hydrogen (secondary N) is 1. The van der Waals surface area contributed by atoms with Crippen LogP contribution in [0.25, 0.3) is 0 Å². The van der Waals surface area contributed by atoms with Crippen LogP contribution < -0.4 is 15.8 Å². The topological polar surface area (TPSA) is 47.3 Å². The van der Waals surface area contributed by atoms with Crippen molar-refractivity contribution < 1.29 is 4.74 Å². The molecule has 0 fully saturated rings. The predicted octanol–water partition coefficient (Wildman–Crippen LogP) is 6.23. The molecule has 0 amide bonds. The van der Waals surface area contributed by atoms with E-state index < -0.39 is 0 Å². The Kier molecular flexibility index (Phi) is 7.54. The molecule has 0 aliphatic rings. The Bertz CT molecular complexity index is 737. The average molecular weight is 383 g/mol. The summed E-state index contributed by atoms with van der Waals surface area (Å²) in [6.07, 6.45) is 2.78. The van der Waals surface area contributed by atoms with Crippen molar-refractivity contribution in [2.24, 2.45) is 5.73 Å². The van der Waals surface area contributed by atoms with Crippen LogP contribution in [0.5, 0.6) is 5.75 Å². The van der Waals surface area contributed by atoms with E-state index >= 15 is 0 Å². The smallest absolute Gasteiger partial charge is 0.123 e. The highest BCUT2D eigenvalue weighted by atomic mass is 16.5. The van der Waals surface area contributed by atoms with Gasteiger partial charge >= 0.3 is 0 Å². The molecule has 0 bridgehead atoms. The van der Waals surface area contributed by atoms with E-state index in [1.807, 2.05) is 30.3 Å². The van der Waals surface area contributed by atoms with E-state index in [-0.39, 0.29) is 17.0 Å². The molecule has 3 heteroatoms. The van der Waals surface area contributed by atoms with Gasteiger partial charge in [0.25, 0.3) is 0 Å². The first-order chi connectivity index (χ1) is 13.2. The fourth-order valence-corrected chi connectivity index (χ4v) is 3.12. The third-order valence-corrected chi connectivity index (χ3v) is 6.07. The number of hydrogen-bond acceptors (Lipinski definition) is 3. The largest absolute Gasteiger partial charge is 0.493 e. The molecule has 3 N–H and O–H groups in total. The average Bonchev–Trinajstić information content (AvgIpc) is 2.68. The maximum absolute atomic E-state index is 6.23. The molecule has 1 atom stereocenters. The standard InChI is InChI=1S/C25H38N2O/c1-7-24(3,4)19-14-15-22(21(18-19)25(5,6)8-2)28-17-16-23(26)27-20-12-10-9-11-13-20/h9-15,18,23,27H,7-8,16-17,26H2,1-6H3. The minimum absolute atomic E-state index is 0.0690. The van der Waals surface area contributed by atoms with Gasteiger partial charge in [-0.15, -0.1) is 0 Å². The number of rotatable bonds is 10. The number of hydrogen-bond donors (Lipinski definition) is 2. The Morgan fingerprint density at radius 3 is 2.18 bits per heavy atom. The van der Waals surface area contributed by atoms with Gasteiger partial charge in [0.2, 0.25) is 0 Å². The van der Waals surface area contributed by atoms with Gasteiger partial charge in [0.1, 0.15) is 5.75 Å². The third-order valence-electron chi connectivity index (χ3n) is 6.07. The summed E-state index contributed by atoms with van der Waals surface area (Å²) in [5, 5.41) is 3.32. The van der Waals surface area contributed by atoms with Crippen molar-refractivity contribution in [2.75, 3.05) is 11.9 Å². The molecule has 28 heavy (non-hydrogen) atoms. The SMILES string of the molecule is CCC(C)(C)c1ccc(OCCC(N)Nc2ccccc2)c(C(C)(C)CC)c1. The molecule has 0 saturated heterocycles. The zero-order valence-electron chi connectivity index (χ0n) is 18.5. The highest BCUT2D eigenvalue weighted by Gasteiger charge is 2.26. The van der Waals surface area contributed by atoms with Crippen molar-refractivity contribution in [3.63, 3.8) is 0 Å². The van der Waals surface area contributed by atoms with Gasteiger partial charge in [0.05, 0.1) is 12.8 Å². The lowest BCUT2D eigenvalue weighted by Crippen LogP contribution is -2.31. The van der Waals surface area contributed by atoms with E-state index in [0.717, 1.165) is 30.7 Å². The number of benzene rings is 2. The zero-order valence-corrected chi connectivity index (χ0v) is 18.5. The van der Waals surface area contributed by atoms with Crippen LogP contribution >= 0.6 is 0 Å². The number of ether oxygens (including phenoxy) is 1. The number of para-hydroxylation sites is 1. The lowest BCUT2D eigenvalue weighted by molar-refractivity contribution is 0.292. The van der Waals surface area contributed by atoms with Crippen LogP contribution in [-0.4, -0.2) is 12.8 Å². The van der Waals surface area contributed by atoms with Crippen LogP contribution in [0.3, 0.4) is 0 Å². The molecule has 0 aliphatic heterocycles. The first-order valence-corrected chi connectivity index (χ1v) is 10.5. The van der Waals surface area contributed by atoms with Gasteiger partial charge in [-0.1, -0.05) is 71.9 Å². The fourth-order valence-electron chi connectivity index (χ4n) is 3.12. The van der Waals surface area contributed by atoms with Gasteiger partial charge in [0, 0.05) is 17.7 Å². The second-order valence-corrected chi connectivity index (χ2v) is 8.94. The Labute approximate surface area is 171 Å². The maximum atomic E-state index is 6.23. The lowest BCUT2D eigenvalue weighted by Gasteiger charge is -2.30. The predicted molar refractivity (Wildman–Crippen MR) is 121 cm³/mol. The zero-order chi connectivity index (χ0) is 20.8. The molecule has 1 unspecified atom stereocenters. The first-order valence-electron chi connectivity index (χ1n) is 10.5. The van der Waals surface area contributed by atoms with E-state index in [4.69, 9.17) is 10.5 Å². The highest BCUT2D eigenvalue weighted by Crippen LogP contribution is 2.38. The second-order valence-electron chi connectivity index (χ2n) is 8.94. The van der Waals surface area contributed by atoms with Crippen LogP contribution in [0.1, 0.15) is 71.9 Å². The molecule has 2 aromatic carbocycles. The van der Waals surface area contributed by atoms with Crippen LogP contribution in [0, 0.1) is 0 Å². The van der Waals surface area contributed by atoms with Crippen molar-refractivity contribution >= 4 is 5.69 Å². The Morgan fingerprint density at radius 1 is 0.929 bits per heavy atom. The Morgan fingerprint density at radius 2 is 1.57 bits per heavy atom. The molecule has 0 aromatic heterocycles. The molecule has 0 aliphatic carbocycles. The second kappa shape index (κ2) is 9.47. The normalized spacial score (nSPS) is 13.2. The number of nitrogens with two attached hydrogens (primary N) is 1. The van der Waals surface area contributed by atoms with Crippen molar-refractivity contribution in [3.8, 4) is 5.75 Å². The molecule has 0 heterocycles. The lowest BCUT2D eigenvalue weighted by atomic mass is 9.76. The minimum Gasteiger partial charge on any atom is -0.493 e. The quantitative estimate of drug-likeness (QED) is 0.479. The van der Waals surface area contributed by atoms with Gasteiger partial charge in [0.15, 0.2) is 0 Å². The van der Waals surface area contributed by atoms with E-state index in [0.29, 0.717) is 6.61 Å². The Balaban J connectivity index is 2.09. The van der Waals surface area contributed by atoms with Crippen molar-refractivity contribution in [1.82, 2.24) is 0 Å². The molecule has 0 saturated carbocycles. The van der Waals surface area contributed by atoms with Crippen molar-refractivity contribution in [1.29, 1.82) is 0 Å². The van der Waals surface area contributed by atoms with Gasteiger partial charge in [-0.2, -0.15) is 0 Å². The van der Waals surface area contributed by atoms with E-state index in [2.05, 4.69) is 65.1 Å². The van der Waals surface area contributed by atoms with E-state index in [1.165, 1.54) is 11.1 Å². The highest BCUT2D eigenvalue weighted by molar-refractivity contribution is 5.44. The summed E-state index contributed by atoms with van der Waals surface area (Å²) in [5.74, 6) is 0.981. The van der Waals surface area contributed by atoms with E-state index in [9.17, 15) is 0 Å². The summed E-state index contributed by atoms with van der Waals surface area (Å²) >= 11 is 0. The molecule has 0 spiro atoms. The molecular formula is C25H38N2O. The monoisotopic (exact) mass is 382 g/mol. The molecule has 2 aromatic rings. The van der Waals surface area contributed by atoms with Crippen LogP contribution in [0.4, 0.5) is 5.69 Å². The summed E-state index contributed by atoms with van der Waals surface area (Å²) < 4.78 is 6.21. The Hall–Kier alpha value is -2.00. The summed E-state index contributed by atoms with van der Waals surface area (Å²) in [6, 6.07) is 16.8. The summed E-state index contributed by atoms with van der Waals surface area (Å²) in [7, 11) is 0. The number of anilines is 1. The van der Waals surface area contributed by atoms with Crippen molar-refractivity contribution in [3.05, 3.63) is 59.7 Å². The minimum atomic E-state index is -0.136. The van der Waals surface area contributed by atoms with Gasteiger partial charge in [-0.3, -0.25) is 0 Å². The van der Waals surface area contributed by atoms with Crippen molar-refractivity contribution in [2.45, 2.75) is 77.8 Å². The molecule has 3 nitrogen and oxygen atoms in total. The molecule has 0 radical (unpaired) electrons.